The summed E-state index contributed by atoms with van der Waals surface area (Å²) in [6.45, 7) is 2.39. The molecule has 1 heterocycles. The largest absolute Gasteiger partial charge is 0.478 e. The molecule has 0 saturated carbocycles. The molecule has 0 radical (unpaired) electrons. The molecule has 7 heteroatoms. The Labute approximate surface area is 123 Å². The molecule has 1 aromatic heterocycles. The maximum Gasteiger partial charge on any atom is 0.336 e. The van der Waals surface area contributed by atoms with Crippen molar-refractivity contribution in [2.75, 3.05) is 5.32 Å². The second kappa shape index (κ2) is 5.87. The van der Waals surface area contributed by atoms with Crippen molar-refractivity contribution in [3.63, 3.8) is 0 Å². The van der Waals surface area contributed by atoms with Crippen molar-refractivity contribution in [1.82, 2.24) is 9.55 Å². The van der Waals surface area contributed by atoms with Crippen LogP contribution in [0.25, 0.3) is 0 Å². The first-order valence-corrected chi connectivity index (χ1v) is 6.67. The van der Waals surface area contributed by atoms with Gasteiger partial charge in [-0.3, -0.25) is 4.79 Å². The smallest absolute Gasteiger partial charge is 0.336 e. The highest BCUT2D eigenvalue weighted by Crippen LogP contribution is 2.22. The monoisotopic (exact) mass is 337 g/mol. The van der Waals surface area contributed by atoms with Crippen LogP contribution in [0.3, 0.4) is 0 Å². The Morgan fingerprint density at radius 1 is 1.50 bits per heavy atom. The van der Waals surface area contributed by atoms with Gasteiger partial charge in [-0.15, -0.1) is 0 Å². The number of hydrogen-bond acceptors (Lipinski definition) is 4. The summed E-state index contributed by atoms with van der Waals surface area (Å²) >= 11 is 3.16. The minimum atomic E-state index is -1.05. The topological polar surface area (TPSA) is 84.2 Å². The number of aromatic carboxylic acids is 1. The van der Waals surface area contributed by atoms with Crippen LogP contribution in [-0.2, 0) is 6.54 Å². The van der Waals surface area contributed by atoms with Crippen molar-refractivity contribution in [2.24, 2.45) is 0 Å². The molecule has 0 bridgehead atoms. The lowest BCUT2D eigenvalue weighted by Crippen LogP contribution is -2.22. The quantitative estimate of drug-likeness (QED) is 0.895. The summed E-state index contributed by atoms with van der Waals surface area (Å²) in [4.78, 5) is 27.0. The lowest BCUT2D eigenvalue weighted by atomic mass is 10.2. The van der Waals surface area contributed by atoms with Gasteiger partial charge in [0, 0.05) is 29.1 Å². The normalized spacial score (nSPS) is 10.3. The van der Waals surface area contributed by atoms with E-state index in [0.29, 0.717) is 16.7 Å². The zero-order valence-electron chi connectivity index (χ0n) is 10.6. The number of carbonyl (C=O) groups is 1. The number of carboxylic acids is 1. The molecule has 0 amide bonds. The van der Waals surface area contributed by atoms with Gasteiger partial charge in [-0.1, -0.05) is 0 Å². The van der Waals surface area contributed by atoms with E-state index in [-0.39, 0.29) is 16.9 Å². The van der Waals surface area contributed by atoms with E-state index in [4.69, 9.17) is 5.11 Å². The molecule has 0 fully saturated rings. The van der Waals surface area contributed by atoms with Gasteiger partial charge in [-0.2, -0.15) is 0 Å². The van der Waals surface area contributed by atoms with Gasteiger partial charge in [-0.25, -0.2) is 9.78 Å². The third kappa shape index (κ3) is 2.88. The van der Waals surface area contributed by atoms with Gasteiger partial charge in [0.15, 0.2) is 5.82 Å². The summed E-state index contributed by atoms with van der Waals surface area (Å²) in [5.74, 6) is -0.888. The van der Waals surface area contributed by atoms with Crippen molar-refractivity contribution in [3.8, 4) is 0 Å². The Balaban J connectivity index is 2.38. The van der Waals surface area contributed by atoms with Gasteiger partial charge in [0.1, 0.15) is 0 Å². The number of hydrogen-bond donors (Lipinski definition) is 2. The average Bonchev–Trinajstić information content (AvgIpc) is 2.43. The second-order valence-electron chi connectivity index (χ2n) is 3.99. The Morgan fingerprint density at radius 2 is 2.25 bits per heavy atom. The molecule has 20 heavy (non-hydrogen) atoms. The zero-order chi connectivity index (χ0) is 14.7. The number of nitrogens with zero attached hydrogens (tertiary/aromatic N) is 2. The molecule has 2 N–H and O–H groups in total. The Kier molecular flexibility index (Phi) is 4.19. The zero-order valence-corrected chi connectivity index (χ0v) is 12.2. The Hall–Kier alpha value is -2.15. The van der Waals surface area contributed by atoms with E-state index in [1.54, 1.807) is 18.3 Å². The summed E-state index contributed by atoms with van der Waals surface area (Å²) in [5.41, 5.74) is 0.348. The highest BCUT2D eigenvalue weighted by atomic mass is 79.9. The van der Waals surface area contributed by atoms with E-state index in [1.807, 2.05) is 6.92 Å². The lowest BCUT2D eigenvalue weighted by molar-refractivity contribution is 0.0696. The number of nitrogens with one attached hydrogen (secondary N) is 1. The van der Waals surface area contributed by atoms with Gasteiger partial charge >= 0.3 is 5.97 Å². The van der Waals surface area contributed by atoms with E-state index in [0.717, 1.165) is 0 Å². The summed E-state index contributed by atoms with van der Waals surface area (Å²) in [7, 11) is 0. The van der Waals surface area contributed by atoms with Crippen LogP contribution in [-0.4, -0.2) is 20.6 Å². The van der Waals surface area contributed by atoms with Crippen molar-refractivity contribution in [2.45, 2.75) is 13.5 Å². The first-order chi connectivity index (χ1) is 9.52. The molecule has 2 rings (SSSR count). The van der Waals surface area contributed by atoms with Crippen LogP contribution in [0.5, 0.6) is 0 Å². The predicted molar refractivity (Wildman–Crippen MR) is 78.6 cm³/mol. The number of carboxylic acid groups (broad SMARTS) is 1. The summed E-state index contributed by atoms with van der Waals surface area (Å²) in [6.07, 6.45) is 3.11. The molecule has 104 valence electrons. The van der Waals surface area contributed by atoms with E-state index in [2.05, 4.69) is 26.2 Å². The highest BCUT2D eigenvalue weighted by molar-refractivity contribution is 9.10. The van der Waals surface area contributed by atoms with Crippen molar-refractivity contribution < 1.29 is 9.90 Å². The summed E-state index contributed by atoms with van der Waals surface area (Å²) < 4.78 is 1.98. The van der Waals surface area contributed by atoms with E-state index in [9.17, 15) is 9.59 Å². The van der Waals surface area contributed by atoms with Crippen LogP contribution in [0.4, 0.5) is 11.5 Å². The van der Waals surface area contributed by atoms with Gasteiger partial charge in [0.2, 0.25) is 0 Å². The average molecular weight is 338 g/mol. The maximum atomic E-state index is 12.0. The molecular weight excluding hydrogens is 326 g/mol. The fraction of sp³-hybridized carbons (Fsp3) is 0.154. The van der Waals surface area contributed by atoms with E-state index in [1.165, 1.54) is 16.8 Å². The fourth-order valence-electron chi connectivity index (χ4n) is 1.69. The third-order valence-electron chi connectivity index (χ3n) is 2.71. The highest BCUT2D eigenvalue weighted by Gasteiger charge is 2.10. The molecule has 6 nitrogen and oxygen atoms in total. The Bertz CT molecular complexity index is 712. The number of halogens is 1. The van der Waals surface area contributed by atoms with Crippen LogP contribution >= 0.6 is 15.9 Å². The van der Waals surface area contributed by atoms with E-state index < -0.39 is 5.97 Å². The first kappa shape index (κ1) is 14.3. The Morgan fingerprint density at radius 3 is 2.90 bits per heavy atom. The molecule has 0 aliphatic rings. The summed E-state index contributed by atoms with van der Waals surface area (Å²) in [5, 5.41) is 11.9. The number of aromatic nitrogens is 2. The van der Waals surface area contributed by atoms with Crippen molar-refractivity contribution >= 4 is 33.4 Å². The third-order valence-corrected chi connectivity index (χ3v) is 3.41. The van der Waals surface area contributed by atoms with Crippen LogP contribution < -0.4 is 10.9 Å². The van der Waals surface area contributed by atoms with Crippen LogP contribution in [0.2, 0.25) is 0 Å². The van der Waals surface area contributed by atoms with Gasteiger partial charge in [-0.05, 0) is 41.1 Å². The second-order valence-corrected chi connectivity index (χ2v) is 4.85. The SMILES string of the molecule is CCn1ccnc(Nc2ccc(Br)c(C(=O)O)c2)c1=O. The molecule has 0 aliphatic carbocycles. The summed E-state index contributed by atoms with van der Waals surface area (Å²) in [6, 6.07) is 4.71. The van der Waals surface area contributed by atoms with Crippen LogP contribution in [0, 0.1) is 0 Å². The molecular formula is C13H12BrN3O3. The lowest BCUT2D eigenvalue weighted by Gasteiger charge is -2.08. The van der Waals surface area contributed by atoms with Crippen molar-refractivity contribution in [1.29, 1.82) is 0 Å². The first-order valence-electron chi connectivity index (χ1n) is 5.88. The standard InChI is InChI=1S/C13H12BrN3O3/c1-2-17-6-5-15-11(12(17)18)16-8-3-4-10(14)9(7-8)13(19)20/h3-7H,2H2,1H3,(H,15,16)(H,19,20). The molecule has 1 aromatic carbocycles. The van der Waals surface area contributed by atoms with Gasteiger partial charge < -0.3 is 15.0 Å². The van der Waals surface area contributed by atoms with Crippen LogP contribution in [0.1, 0.15) is 17.3 Å². The number of rotatable bonds is 4. The maximum absolute atomic E-state index is 12.0. The molecule has 0 unspecified atom stereocenters. The van der Waals surface area contributed by atoms with Gasteiger partial charge in [0.05, 0.1) is 5.56 Å². The van der Waals surface area contributed by atoms with E-state index >= 15 is 0 Å². The molecule has 0 spiro atoms. The van der Waals surface area contributed by atoms with Gasteiger partial charge in [0.25, 0.3) is 5.56 Å². The van der Waals surface area contributed by atoms with Crippen LogP contribution in [0.15, 0.2) is 39.9 Å². The molecule has 2 aromatic rings. The van der Waals surface area contributed by atoms with Crippen molar-refractivity contribution in [3.05, 3.63) is 51.0 Å². The fourth-order valence-corrected chi connectivity index (χ4v) is 2.10. The number of benzene rings is 1. The molecule has 0 saturated heterocycles. The predicted octanol–water partition coefficient (Wildman–Crippen LogP) is 2.47. The molecule has 0 aliphatic heterocycles. The number of aryl methyl sites for hydroxylation is 1. The minimum Gasteiger partial charge on any atom is -0.478 e. The minimum absolute atomic E-state index is 0.113. The molecule has 0 atom stereocenters. The number of anilines is 2.